The lowest BCUT2D eigenvalue weighted by Gasteiger charge is -2.31. The molecule has 1 aromatic rings. The molecule has 1 aromatic heterocycles. The summed E-state index contributed by atoms with van der Waals surface area (Å²) >= 11 is 0. The topological polar surface area (TPSA) is 62.3 Å². The summed E-state index contributed by atoms with van der Waals surface area (Å²) in [7, 11) is 0. The van der Waals surface area contributed by atoms with Gasteiger partial charge in [-0.25, -0.2) is 0 Å². The number of hydrogen-bond donors (Lipinski definition) is 1. The fourth-order valence-corrected chi connectivity index (χ4v) is 3.35. The second-order valence-electron chi connectivity index (χ2n) is 5.95. The number of aromatic nitrogens is 1. The van der Waals surface area contributed by atoms with Crippen molar-refractivity contribution in [3.8, 4) is 0 Å². The van der Waals surface area contributed by atoms with Crippen molar-refractivity contribution in [2.75, 3.05) is 13.1 Å². The standard InChI is InChI=1S/C16H21N3O2/c20-14-7-12-19(11-6-13-5-1-4-10-17-13)15(21)16(18-14)8-2-3-9-16/h1,4-5,10H,2-3,6-9,11-12H2,(H,18,20). The van der Waals surface area contributed by atoms with Crippen LogP contribution in [-0.2, 0) is 16.0 Å². The number of hydrogen-bond acceptors (Lipinski definition) is 3. The van der Waals surface area contributed by atoms with Gasteiger partial charge < -0.3 is 10.2 Å². The molecular formula is C16H21N3O2. The lowest BCUT2D eigenvalue weighted by atomic mass is 9.96. The highest BCUT2D eigenvalue weighted by Gasteiger charge is 2.46. The molecule has 2 fully saturated rings. The third-order valence-corrected chi connectivity index (χ3v) is 4.51. The SMILES string of the molecule is O=C1CCN(CCc2ccccn2)C(=O)C2(CCCC2)N1. The first-order valence-electron chi connectivity index (χ1n) is 7.70. The van der Waals surface area contributed by atoms with E-state index in [1.54, 1.807) is 6.20 Å². The average Bonchev–Trinajstić information content (AvgIpc) is 2.93. The van der Waals surface area contributed by atoms with Gasteiger partial charge in [0.15, 0.2) is 0 Å². The van der Waals surface area contributed by atoms with Crippen LogP contribution in [0.5, 0.6) is 0 Å². The first kappa shape index (κ1) is 14.0. The number of carbonyl (C=O) groups excluding carboxylic acids is 2. The van der Waals surface area contributed by atoms with Gasteiger partial charge in [0, 0.05) is 37.8 Å². The van der Waals surface area contributed by atoms with E-state index in [9.17, 15) is 9.59 Å². The first-order chi connectivity index (χ1) is 10.2. The molecule has 2 aliphatic rings. The first-order valence-corrected chi connectivity index (χ1v) is 7.70. The summed E-state index contributed by atoms with van der Waals surface area (Å²) in [6, 6.07) is 5.81. The van der Waals surface area contributed by atoms with Crippen molar-refractivity contribution >= 4 is 11.8 Å². The van der Waals surface area contributed by atoms with Crippen molar-refractivity contribution in [3.05, 3.63) is 30.1 Å². The van der Waals surface area contributed by atoms with E-state index in [0.29, 0.717) is 19.5 Å². The molecule has 0 aromatic carbocycles. The minimum Gasteiger partial charge on any atom is -0.342 e. The number of carbonyl (C=O) groups is 2. The summed E-state index contributed by atoms with van der Waals surface area (Å²) in [4.78, 5) is 30.9. The highest BCUT2D eigenvalue weighted by molar-refractivity contribution is 5.93. The number of nitrogens with one attached hydrogen (secondary N) is 1. The Morgan fingerprint density at radius 1 is 1.24 bits per heavy atom. The molecule has 1 aliphatic heterocycles. The van der Waals surface area contributed by atoms with Gasteiger partial charge in [0.2, 0.25) is 11.8 Å². The summed E-state index contributed by atoms with van der Waals surface area (Å²) in [6.45, 7) is 1.14. The summed E-state index contributed by atoms with van der Waals surface area (Å²) < 4.78 is 0. The maximum atomic E-state index is 12.8. The zero-order valence-electron chi connectivity index (χ0n) is 12.2. The van der Waals surface area contributed by atoms with Crippen LogP contribution in [-0.4, -0.2) is 40.3 Å². The van der Waals surface area contributed by atoms with Crippen LogP contribution in [0, 0.1) is 0 Å². The fourth-order valence-electron chi connectivity index (χ4n) is 3.35. The Kier molecular flexibility index (Phi) is 3.90. The van der Waals surface area contributed by atoms with Crippen LogP contribution in [0.2, 0.25) is 0 Å². The predicted molar refractivity (Wildman–Crippen MR) is 78.5 cm³/mol. The molecule has 2 heterocycles. The van der Waals surface area contributed by atoms with Gasteiger partial charge in [-0.1, -0.05) is 18.9 Å². The number of nitrogens with zero attached hydrogens (tertiary/aromatic N) is 2. The van der Waals surface area contributed by atoms with Crippen LogP contribution >= 0.6 is 0 Å². The normalized spacial score (nSPS) is 21.4. The van der Waals surface area contributed by atoms with Gasteiger partial charge in [0.05, 0.1) is 0 Å². The van der Waals surface area contributed by atoms with Crippen LogP contribution in [0.25, 0.3) is 0 Å². The Balaban J connectivity index is 1.71. The molecule has 1 N–H and O–H groups in total. The second kappa shape index (κ2) is 5.84. The maximum absolute atomic E-state index is 12.8. The highest BCUT2D eigenvalue weighted by Crippen LogP contribution is 2.32. The van der Waals surface area contributed by atoms with Gasteiger partial charge in [-0.05, 0) is 25.0 Å². The molecule has 112 valence electrons. The van der Waals surface area contributed by atoms with Gasteiger partial charge in [-0.2, -0.15) is 0 Å². The fraction of sp³-hybridized carbons (Fsp3) is 0.562. The monoisotopic (exact) mass is 287 g/mol. The molecule has 5 nitrogen and oxygen atoms in total. The molecule has 0 radical (unpaired) electrons. The molecule has 1 saturated heterocycles. The quantitative estimate of drug-likeness (QED) is 0.911. The summed E-state index contributed by atoms with van der Waals surface area (Å²) in [5, 5.41) is 2.99. The van der Waals surface area contributed by atoms with Crippen molar-refractivity contribution in [1.29, 1.82) is 0 Å². The Labute approximate surface area is 124 Å². The van der Waals surface area contributed by atoms with E-state index in [1.165, 1.54) is 0 Å². The summed E-state index contributed by atoms with van der Waals surface area (Å²) in [6.07, 6.45) is 6.48. The molecule has 0 atom stereocenters. The number of rotatable bonds is 3. The van der Waals surface area contributed by atoms with E-state index >= 15 is 0 Å². The maximum Gasteiger partial charge on any atom is 0.248 e. The van der Waals surface area contributed by atoms with Gasteiger partial charge in [0.1, 0.15) is 5.54 Å². The van der Waals surface area contributed by atoms with Crippen LogP contribution in [0.4, 0.5) is 0 Å². The Hall–Kier alpha value is -1.91. The van der Waals surface area contributed by atoms with Gasteiger partial charge in [-0.3, -0.25) is 14.6 Å². The summed E-state index contributed by atoms with van der Waals surface area (Å²) in [5.41, 5.74) is 0.354. The van der Waals surface area contributed by atoms with Crippen molar-refractivity contribution < 1.29 is 9.59 Å². The van der Waals surface area contributed by atoms with Crippen LogP contribution in [0.1, 0.15) is 37.8 Å². The molecule has 0 unspecified atom stereocenters. The van der Waals surface area contributed by atoms with Crippen LogP contribution in [0.3, 0.4) is 0 Å². The van der Waals surface area contributed by atoms with E-state index in [-0.39, 0.29) is 11.8 Å². The molecule has 21 heavy (non-hydrogen) atoms. The van der Waals surface area contributed by atoms with Crippen molar-refractivity contribution in [3.63, 3.8) is 0 Å². The zero-order valence-corrected chi connectivity index (χ0v) is 12.2. The number of pyridine rings is 1. The predicted octanol–water partition coefficient (Wildman–Crippen LogP) is 1.29. The molecule has 1 aliphatic carbocycles. The summed E-state index contributed by atoms with van der Waals surface area (Å²) in [5.74, 6) is 0.104. The van der Waals surface area contributed by atoms with Gasteiger partial charge in [-0.15, -0.1) is 0 Å². The van der Waals surface area contributed by atoms with Gasteiger partial charge in [0.25, 0.3) is 0 Å². The second-order valence-corrected chi connectivity index (χ2v) is 5.95. The van der Waals surface area contributed by atoms with E-state index in [2.05, 4.69) is 10.3 Å². The Morgan fingerprint density at radius 2 is 2.05 bits per heavy atom. The van der Waals surface area contributed by atoms with E-state index < -0.39 is 5.54 Å². The average molecular weight is 287 g/mol. The molecule has 1 spiro atoms. The van der Waals surface area contributed by atoms with E-state index in [1.807, 2.05) is 23.1 Å². The molecule has 1 saturated carbocycles. The molecule has 3 rings (SSSR count). The minimum atomic E-state index is -0.627. The van der Waals surface area contributed by atoms with Crippen molar-refractivity contribution in [2.45, 2.75) is 44.1 Å². The van der Waals surface area contributed by atoms with Crippen molar-refractivity contribution in [1.82, 2.24) is 15.2 Å². The van der Waals surface area contributed by atoms with Gasteiger partial charge >= 0.3 is 0 Å². The third kappa shape index (κ3) is 2.91. The zero-order chi connectivity index (χ0) is 14.7. The molecular weight excluding hydrogens is 266 g/mol. The third-order valence-electron chi connectivity index (χ3n) is 4.51. The van der Waals surface area contributed by atoms with E-state index in [0.717, 1.165) is 37.8 Å². The highest BCUT2D eigenvalue weighted by atomic mass is 16.2. The smallest absolute Gasteiger partial charge is 0.248 e. The van der Waals surface area contributed by atoms with Crippen molar-refractivity contribution in [2.24, 2.45) is 0 Å². The largest absolute Gasteiger partial charge is 0.342 e. The molecule has 5 heteroatoms. The minimum absolute atomic E-state index is 0.00517. The Morgan fingerprint density at radius 3 is 2.76 bits per heavy atom. The lowest BCUT2D eigenvalue weighted by Crippen LogP contribution is -2.55. The molecule has 0 bridgehead atoms. The number of amides is 2. The lowest BCUT2D eigenvalue weighted by molar-refractivity contribution is -0.138. The Bertz CT molecular complexity index is 524. The van der Waals surface area contributed by atoms with Crippen LogP contribution in [0.15, 0.2) is 24.4 Å². The molecule has 2 amide bonds. The van der Waals surface area contributed by atoms with Crippen LogP contribution < -0.4 is 5.32 Å². The van der Waals surface area contributed by atoms with E-state index in [4.69, 9.17) is 0 Å².